The van der Waals surface area contributed by atoms with Crippen molar-refractivity contribution < 1.29 is 18.7 Å². The van der Waals surface area contributed by atoms with E-state index in [0.29, 0.717) is 42.6 Å². The first-order chi connectivity index (χ1) is 17.4. The van der Waals surface area contributed by atoms with Gasteiger partial charge in [0.05, 0.1) is 5.69 Å². The Morgan fingerprint density at radius 3 is 2.50 bits per heavy atom. The van der Waals surface area contributed by atoms with Gasteiger partial charge in [0.2, 0.25) is 5.91 Å². The Labute approximate surface area is 214 Å². The molecular formula is C28H25ClFN3O3. The average Bonchev–Trinajstić information content (AvgIpc) is 2.89. The van der Waals surface area contributed by atoms with E-state index in [9.17, 15) is 14.0 Å². The van der Waals surface area contributed by atoms with Crippen LogP contribution in [0.5, 0.6) is 5.75 Å². The number of ether oxygens (including phenoxy) is 1. The van der Waals surface area contributed by atoms with E-state index in [-0.39, 0.29) is 23.8 Å². The smallest absolute Gasteiger partial charge is 0.294 e. The summed E-state index contributed by atoms with van der Waals surface area (Å²) in [5, 5.41) is 0.679. The molecule has 2 amide bonds. The van der Waals surface area contributed by atoms with Crippen LogP contribution in [0.15, 0.2) is 72.5 Å². The number of para-hydroxylation sites is 2. The van der Waals surface area contributed by atoms with E-state index < -0.39 is 11.7 Å². The highest BCUT2D eigenvalue weighted by atomic mass is 35.5. The molecule has 0 bridgehead atoms. The third-order valence-electron chi connectivity index (χ3n) is 6.46. The Balaban J connectivity index is 1.33. The van der Waals surface area contributed by atoms with Crippen molar-refractivity contribution in [2.24, 2.45) is 0 Å². The van der Waals surface area contributed by atoms with E-state index in [1.807, 2.05) is 25.1 Å². The van der Waals surface area contributed by atoms with Crippen LogP contribution in [-0.2, 0) is 9.59 Å². The number of carbonyl (C=O) groups excluding carboxylic acids is 2. The maximum absolute atomic E-state index is 14.2. The van der Waals surface area contributed by atoms with E-state index in [1.54, 1.807) is 47.4 Å². The zero-order chi connectivity index (χ0) is 25.2. The van der Waals surface area contributed by atoms with Gasteiger partial charge in [0.15, 0.2) is 11.5 Å². The molecule has 0 aliphatic carbocycles. The molecule has 0 spiro atoms. The molecule has 36 heavy (non-hydrogen) atoms. The van der Waals surface area contributed by atoms with Crippen LogP contribution in [0, 0.1) is 12.7 Å². The van der Waals surface area contributed by atoms with Crippen molar-refractivity contribution in [1.82, 2.24) is 4.90 Å². The van der Waals surface area contributed by atoms with E-state index in [4.69, 9.17) is 16.3 Å². The van der Waals surface area contributed by atoms with Crippen LogP contribution in [0.4, 0.5) is 15.8 Å². The summed E-state index contributed by atoms with van der Waals surface area (Å²) in [5.74, 6) is -0.705. The van der Waals surface area contributed by atoms with Crippen molar-refractivity contribution in [3.63, 3.8) is 0 Å². The lowest BCUT2D eigenvalue weighted by molar-refractivity contribution is -0.131. The number of hydrogen-bond donors (Lipinski definition) is 0. The van der Waals surface area contributed by atoms with E-state index in [1.165, 1.54) is 17.0 Å². The Morgan fingerprint density at radius 2 is 1.72 bits per heavy atom. The summed E-state index contributed by atoms with van der Waals surface area (Å²) in [7, 11) is 0. The minimum absolute atomic E-state index is 0.0344. The zero-order valence-corrected chi connectivity index (χ0v) is 20.5. The third-order valence-corrected chi connectivity index (χ3v) is 6.70. The fourth-order valence-corrected chi connectivity index (χ4v) is 4.67. The maximum Gasteiger partial charge on any atom is 0.294 e. The van der Waals surface area contributed by atoms with Crippen molar-refractivity contribution in [3.8, 4) is 5.75 Å². The summed E-state index contributed by atoms with van der Waals surface area (Å²) in [6.45, 7) is 4.30. The molecule has 2 aliphatic rings. The van der Waals surface area contributed by atoms with Gasteiger partial charge in [-0.25, -0.2) is 4.39 Å². The number of nitrogens with zero attached hydrogens (tertiary/aromatic N) is 3. The number of anilines is 2. The SMILES string of the molecule is Cc1ccc(Cl)cc1N1CCN(C(=O)CN2C(=O)/C(=C\c3ccccc3F)Oc3ccccc32)CC1. The highest BCUT2D eigenvalue weighted by Gasteiger charge is 2.33. The fraction of sp³-hybridized carbons (Fsp3) is 0.214. The number of rotatable bonds is 4. The van der Waals surface area contributed by atoms with Crippen molar-refractivity contribution in [3.05, 3.63) is 94.5 Å². The normalized spacial score (nSPS) is 16.7. The minimum atomic E-state index is -0.488. The van der Waals surface area contributed by atoms with Gasteiger partial charge >= 0.3 is 0 Å². The maximum atomic E-state index is 14.2. The van der Waals surface area contributed by atoms with Gasteiger partial charge in [-0.1, -0.05) is 48.0 Å². The molecule has 0 radical (unpaired) electrons. The first-order valence-corrected chi connectivity index (χ1v) is 12.1. The highest BCUT2D eigenvalue weighted by Crippen LogP contribution is 2.36. The number of carbonyl (C=O) groups is 2. The molecule has 6 nitrogen and oxygen atoms in total. The van der Waals surface area contributed by atoms with Gasteiger partial charge in [0.1, 0.15) is 12.4 Å². The molecule has 5 rings (SSSR count). The summed E-state index contributed by atoms with van der Waals surface area (Å²) >= 11 is 6.19. The summed E-state index contributed by atoms with van der Waals surface area (Å²) in [4.78, 5) is 32.0. The second-order valence-electron chi connectivity index (χ2n) is 8.79. The summed E-state index contributed by atoms with van der Waals surface area (Å²) < 4.78 is 20.0. The average molecular weight is 506 g/mol. The highest BCUT2D eigenvalue weighted by molar-refractivity contribution is 6.30. The van der Waals surface area contributed by atoms with Crippen LogP contribution < -0.4 is 14.5 Å². The topological polar surface area (TPSA) is 53.1 Å². The predicted molar refractivity (Wildman–Crippen MR) is 139 cm³/mol. The molecule has 0 atom stereocenters. The molecule has 3 aromatic rings. The molecule has 2 heterocycles. The van der Waals surface area contributed by atoms with Gasteiger partial charge in [-0.05, 0) is 48.9 Å². The number of halogens is 2. The number of piperazine rings is 1. The molecule has 2 aliphatic heterocycles. The Hall–Kier alpha value is -3.84. The lowest BCUT2D eigenvalue weighted by Gasteiger charge is -2.38. The number of benzene rings is 3. The Morgan fingerprint density at radius 1 is 1.00 bits per heavy atom. The van der Waals surface area contributed by atoms with Crippen LogP contribution in [0.1, 0.15) is 11.1 Å². The molecule has 8 heteroatoms. The monoisotopic (exact) mass is 505 g/mol. The van der Waals surface area contributed by atoms with Crippen LogP contribution in [0.2, 0.25) is 5.02 Å². The van der Waals surface area contributed by atoms with Gasteiger partial charge in [-0.3, -0.25) is 14.5 Å². The molecule has 0 N–H and O–H groups in total. The van der Waals surface area contributed by atoms with Crippen LogP contribution in [-0.4, -0.2) is 49.4 Å². The zero-order valence-electron chi connectivity index (χ0n) is 19.8. The van der Waals surface area contributed by atoms with Crippen LogP contribution in [0.25, 0.3) is 6.08 Å². The number of hydrogen-bond acceptors (Lipinski definition) is 4. The number of fused-ring (bicyclic) bond motifs is 1. The van der Waals surface area contributed by atoms with Gasteiger partial charge in [-0.15, -0.1) is 0 Å². The lowest BCUT2D eigenvalue weighted by Crippen LogP contribution is -2.52. The van der Waals surface area contributed by atoms with Gasteiger partial charge in [0, 0.05) is 42.5 Å². The summed E-state index contributed by atoms with van der Waals surface area (Å²) in [6, 6.07) is 19.0. The van der Waals surface area contributed by atoms with Crippen molar-refractivity contribution in [2.75, 3.05) is 42.5 Å². The Bertz CT molecular complexity index is 1350. The van der Waals surface area contributed by atoms with E-state index in [0.717, 1.165) is 11.3 Å². The fourth-order valence-electron chi connectivity index (χ4n) is 4.51. The quantitative estimate of drug-likeness (QED) is 0.473. The number of amides is 2. The van der Waals surface area contributed by atoms with Gasteiger partial charge < -0.3 is 14.5 Å². The van der Waals surface area contributed by atoms with Gasteiger partial charge in [-0.2, -0.15) is 0 Å². The molecule has 184 valence electrons. The summed E-state index contributed by atoms with van der Waals surface area (Å²) in [6.07, 6.45) is 1.37. The lowest BCUT2D eigenvalue weighted by atomic mass is 10.1. The van der Waals surface area contributed by atoms with Crippen LogP contribution >= 0.6 is 11.6 Å². The van der Waals surface area contributed by atoms with E-state index >= 15 is 0 Å². The minimum Gasteiger partial charge on any atom is -0.449 e. The number of aryl methyl sites for hydroxylation is 1. The molecule has 0 unspecified atom stereocenters. The molecular weight excluding hydrogens is 481 g/mol. The standard InChI is InChI=1S/C28H25ClFN3O3/c1-19-10-11-21(29)17-24(19)31-12-14-32(15-13-31)27(34)18-33-23-8-4-5-9-25(23)36-26(28(33)35)16-20-6-2-3-7-22(20)30/h2-11,16-17H,12-15,18H2,1H3/b26-16+. The molecule has 0 aromatic heterocycles. The third kappa shape index (κ3) is 4.79. The largest absolute Gasteiger partial charge is 0.449 e. The van der Waals surface area contributed by atoms with Crippen molar-refractivity contribution in [2.45, 2.75) is 6.92 Å². The second kappa shape index (κ2) is 10.0. The predicted octanol–water partition coefficient (Wildman–Crippen LogP) is 4.90. The summed E-state index contributed by atoms with van der Waals surface area (Å²) in [5.41, 5.74) is 2.94. The first kappa shape index (κ1) is 23.9. The van der Waals surface area contributed by atoms with Crippen molar-refractivity contribution in [1.29, 1.82) is 0 Å². The second-order valence-corrected chi connectivity index (χ2v) is 9.23. The molecule has 1 fully saturated rings. The molecule has 0 saturated carbocycles. The van der Waals surface area contributed by atoms with Crippen LogP contribution in [0.3, 0.4) is 0 Å². The Kier molecular flexibility index (Phi) is 6.65. The van der Waals surface area contributed by atoms with E-state index in [2.05, 4.69) is 4.90 Å². The first-order valence-electron chi connectivity index (χ1n) is 11.7. The van der Waals surface area contributed by atoms with Crippen molar-refractivity contribution >= 4 is 40.9 Å². The molecule has 3 aromatic carbocycles. The molecule has 1 saturated heterocycles. The van der Waals surface area contributed by atoms with Gasteiger partial charge in [0.25, 0.3) is 5.91 Å².